The van der Waals surface area contributed by atoms with Gasteiger partial charge in [0.25, 0.3) is 0 Å². The molecule has 1 aromatic carbocycles. The molecule has 0 aromatic heterocycles. The van der Waals surface area contributed by atoms with E-state index in [0.717, 1.165) is 30.9 Å². The molecule has 0 saturated carbocycles. The first kappa shape index (κ1) is 17.0. The van der Waals surface area contributed by atoms with Crippen molar-refractivity contribution in [2.24, 2.45) is 0 Å². The first-order valence-electron chi connectivity index (χ1n) is 7.26. The van der Waals surface area contributed by atoms with Crippen molar-refractivity contribution in [3.63, 3.8) is 0 Å². The molecule has 1 rings (SSSR count). The second kappa shape index (κ2) is 8.95. The highest BCUT2D eigenvalue weighted by molar-refractivity contribution is 6.02. The third kappa shape index (κ3) is 6.75. The van der Waals surface area contributed by atoms with Gasteiger partial charge >= 0.3 is 5.97 Å². The number of amides is 1. The van der Waals surface area contributed by atoms with E-state index in [-0.39, 0.29) is 5.91 Å². The molecular weight excluding hydrogens is 266 g/mol. The van der Waals surface area contributed by atoms with Crippen molar-refractivity contribution in [1.82, 2.24) is 0 Å². The summed E-state index contributed by atoms with van der Waals surface area (Å²) in [4.78, 5) is 23.1. The maximum Gasteiger partial charge on any atom is 0.330 e. The third-order valence-electron chi connectivity index (χ3n) is 3.14. The van der Waals surface area contributed by atoms with Crippen LogP contribution in [-0.2, 0) is 14.3 Å². The summed E-state index contributed by atoms with van der Waals surface area (Å²) >= 11 is 0. The van der Waals surface area contributed by atoms with Gasteiger partial charge in [-0.3, -0.25) is 4.79 Å². The van der Waals surface area contributed by atoms with Crippen LogP contribution in [0.2, 0.25) is 0 Å². The number of ether oxygens (including phenoxy) is 1. The zero-order valence-corrected chi connectivity index (χ0v) is 12.9. The van der Waals surface area contributed by atoms with Crippen molar-refractivity contribution in [1.29, 1.82) is 0 Å². The molecule has 0 aliphatic heterocycles. The summed E-state index contributed by atoms with van der Waals surface area (Å²) in [5.74, 6) is -0.829. The van der Waals surface area contributed by atoms with E-state index in [1.807, 2.05) is 32.0 Å². The molecule has 0 heterocycles. The van der Waals surface area contributed by atoms with Crippen LogP contribution in [0.15, 0.2) is 30.4 Å². The van der Waals surface area contributed by atoms with Crippen LogP contribution in [0.4, 0.5) is 5.69 Å². The molecule has 0 unspecified atom stereocenters. The van der Waals surface area contributed by atoms with Gasteiger partial charge in [0.1, 0.15) is 0 Å². The lowest BCUT2D eigenvalue weighted by molar-refractivity contribution is -0.138. The summed E-state index contributed by atoms with van der Waals surface area (Å²) in [6, 6.07) is 5.66. The number of hydrogen-bond donors (Lipinski definition) is 1. The molecule has 4 nitrogen and oxygen atoms in total. The third-order valence-corrected chi connectivity index (χ3v) is 3.14. The Kier molecular flexibility index (Phi) is 7.23. The van der Waals surface area contributed by atoms with Crippen LogP contribution in [0.25, 0.3) is 0 Å². The van der Waals surface area contributed by atoms with Crippen molar-refractivity contribution in [2.75, 3.05) is 11.9 Å². The summed E-state index contributed by atoms with van der Waals surface area (Å²) in [5, 5.41) is 2.71. The highest BCUT2D eigenvalue weighted by Gasteiger charge is 2.02. The number of nitrogens with one attached hydrogen (secondary N) is 1. The molecule has 1 N–H and O–H groups in total. The summed E-state index contributed by atoms with van der Waals surface area (Å²) < 4.78 is 4.97. The molecule has 4 heteroatoms. The monoisotopic (exact) mass is 289 g/mol. The number of hydrogen-bond acceptors (Lipinski definition) is 3. The molecule has 0 bridgehead atoms. The molecule has 1 amide bonds. The number of esters is 1. The van der Waals surface area contributed by atoms with Gasteiger partial charge in [0, 0.05) is 17.8 Å². The zero-order chi connectivity index (χ0) is 15.7. The van der Waals surface area contributed by atoms with Crippen LogP contribution in [-0.4, -0.2) is 18.5 Å². The summed E-state index contributed by atoms with van der Waals surface area (Å²) in [6.07, 6.45) is 5.31. The quantitative estimate of drug-likeness (QED) is 0.474. The molecule has 0 aliphatic rings. The zero-order valence-electron chi connectivity index (χ0n) is 12.9. The van der Waals surface area contributed by atoms with Crippen LogP contribution in [0.1, 0.15) is 37.3 Å². The normalized spacial score (nSPS) is 10.6. The number of unbranched alkanes of at least 4 members (excludes halogenated alkanes) is 2. The van der Waals surface area contributed by atoms with Gasteiger partial charge in [-0.25, -0.2) is 4.79 Å². The van der Waals surface area contributed by atoms with E-state index in [9.17, 15) is 9.59 Å². The first-order valence-corrected chi connectivity index (χ1v) is 7.26. The van der Waals surface area contributed by atoms with E-state index >= 15 is 0 Å². The molecule has 0 radical (unpaired) electrons. The summed E-state index contributed by atoms with van der Waals surface area (Å²) in [6.45, 7) is 6.47. The van der Waals surface area contributed by atoms with E-state index in [1.54, 1.807) is 0 Å². The lowest BCUT2D eigenvalue weighted by Crippen LogP contribution is -2.10. The Labute approximate surface area is 126 Å². The predicted molar refractivity (Wildman–Crippen MR) is 84.2 cm³/mol. The maximum atomic E-state index is 11.7. The maximum absolute atomic E-state index is 11.7. The summed E-state index contributed by atoms with van der Waals surface area (Å²) in [5.41, 5.74) is 2.98. The Morgan fingerprint density at radius 3 is 2.57 bits per heavy atom. The minimum atomic E-state index is -0.485. The lowest BCUT2D eigenvalue weighted by atomic mass is 10.1. The van der Waals surface area contributed by atoms with Gasteiger partial charge in [-0.1, -0.05) is 25.8 Å². The molecule has 0 aliphatic carbocycles. The minimum Gasteiger partial charge on any atom is -0.463 e. The lowest BCUT2D eigenvalue weighted by Gasteiger charge is -2.05. The molecule has 0 atom stereocenters. The molecule has 21 heavy (non-hydrogen) atoms. The molecule has 114 valence electrons. The number of aryl methyl sites for hydroxylation is 2. The van der Waals surface area contributed by atoms with Gasteiger partial charge in [0.05, 0.1) is 6.61 Å². The fourth-order valence-electron chi connectivity index (χ4n) is 1.72. The van der Waals surface area contributed by atoms with Gasteiger partial charge in [-0.05, 0) is 43.5 Å². The second-order valence-electron chi connectivity index (χ2n) is 5.00. The minimum absolute atomic E-state index is 0.344. The van der Waals surface area contributed by atoms with Crippen LogP contribution >= 0.6 is 0 Å². The van der Waals surface area contributed by atoms with Crippen LogP contribution in [0.3, 0.4) is 0 Å². The Balaban J connectivity index is 2.40. The van der Waals surface area contributed by atoms with Crippen molar-refractivity contribution in [3.8, 4) is 0 Å². The second-order valence-corrected chi connectivity index (χ2v) is 5.00. The van der Waals surface area contributed by atoms with E-state index < -0.39 is 5.97 Å². The van der Waals surface area contributed by atoms with Gasteiger partial charge in [-0.15, -0.1) is 0 Å². The number of anilines is 1. The highest BCUT2D eigenvalue weighted by atomic mass is 16.5. The van der Waals surface area contributed by atoms with Crippen molar-refractivity contribution in [2.45, 2.75) is 40.0 Å². The largest absolute Gasteiger partial charge is 0.463 e. The van der Waals surface area contributed by atoms with E-state index in [4.69, 9.17) is 4.74 Å². The van der Waals surface area contributed by atoms with Crippen LogP contribution in [0, 0.1) is 13.8 Å². The SMILES string of the molecule is CCCCCOC(=O)/C=C/C(=O)Nc1ccc(C)c(C)c1. The Morgan fingerprint density at radius 2 is 1.90 bits per heavy atom. The topological polar surface area (TPSA) is 55.4 Å². The van der Waals surface area contributed by atoms with E-state index in [0.29, 0.717) is 12.3 Å². The van der Waals surface area contributed by atoms with E-state index in [1.165, 1.54) is 11.6 Å². The van der Waals surface area contributed by atoms with Crippen molar-refractivity contribution in [3.05, 3.63) is 41.5 Å². The molecule has 0 saturated heterocycles. The number of rotatable bonds is 7. The molecule has 0 fully saturated rings. The molecule has 0 spiro atoms. The Morgan fingerprint density at radius 1 is 1.14 bits per heavy atom. The van der Waals surface area contributed by atoms with Crippen LogP contribution in [0.5, 0.6) is 0 Å². The molecular formula is C17H23NO3. The number of benzene rings is 1. The average Bonchev–Trinajstić information content (AvgIpc) is 2.45. The smallest absolute Gasteiger partial charge is 0.330 e. The summed E-state index contributed by atoms with van der Waals surface area (Å²) in [7, 11) is 0. The highest BCUT2D eigenvalue weighted by Crippen LogP contribution is 2.13. The number of carbonyl (C=O) groups is 2. The molecule has 1 aromatic rings. The first-order chi connectivity index (χ1) is 10.0. The van der Waals surface area contributed by atoms with Crippen LogP contribution < -0.4 is 5.32 Å². The van der Waals surface area contributed by atoms with Gasteiger partial charge < -0.3 is 10.1 Å². The van der Waals surface area contributed by atoms with Gasteiger partial charge in [-0.2, -0.15) is 0 Å². The van der Waals surface area contributed by atoms with Gasteiger partial charge in [0.15, 0.2) is 0 Å². The Hall–Kier alpha value is -2.10. The fourth-order valence-corrected chi connectivity index (χ4v) is 1.72. The van der Waals surface area contributed by atoms with Crippen molar-refractivity contribution >= 4 is 17.6 Å². The van der Waals surface area contributed by atoms with Crippen molar-refractivity contribution < 1.29 is 14.3 Å². The predicted octanol–water partition coefficient (Wildman–Crippen LogP) is 3.53. The Bertz CT molecular complexity index is 521. The van der Waals surface area contributed by atoms with E-state index in [2.05, 4.69) is 12.2 Å². The number of carbonyl (C=O) groups excluding carboxylic acids is 2. The average molecular weight is 289 g/mol. The fraction of sp³-hybridized carbons (Fsp3) is 0.412. The van der Waals surface area contributed by atoms with Gasteiger partial charge in [0.2, 0.25) is 5.91 Å². The standard InChI is InChI=1S/C17H23NO3/c1-4-5-6-11-21-17(20)10-9-16(19)18-15-8-7-13(2)14(3)12-15/h7-10,12H,4-6,11H2,1-3H3,(H,18,19)/b10-9+.